The largest absolute Gasteiger partial charge is 0.463 e. The maximum Gasteiger partial charge on any atom is 0.321 e. The SMILES string of the molecule is CCCCOc1nc(C)nc(N)n1. The molecule has 1 heterocycles. The quantitative estimate of drug-likeness (QED) is 0.701. The van der Waals surface area contributed by atoms with Crippen molar-refractivity contribution in [2.75, 3.05) is 12.3 Å². The van der Waals surface area contributed by atoms with Gasteiger partial charge in [-0.05, 0) is 13.3 Å². The average molecular weight is 182 g/mol. The second kappa shape index (κ2) is 4.59. The Hall–Kier alpha value is -1.39. The molecule has 0 aliphatic heterocycles. The maximum absolute atomic E-state index is 5.42. The highest BCUT2D eigenvalue weighted by molar-refractivity contribution is 5.17. The summed E-state index contributed by atoms with van der Waals surface area (Å²) in [6, 6.07) is 0.318. The summed E-state index contributed by atoms with van der Waals surface area (Å²) < 4.78 is 5.27. The highest BCUT2D eigenvalue weighted by atomic mass is 16.5. The molecule has 0 unspecified atom stereocenters. The van der Waals surface area contributed by atoms with Crippen molar-refractivity contribution in [3.05, 3.63) is 5.82 Å². The van der Waals surface area contributed by atoms with E-state index in [9.17, 15) is 0 Å². The number of anilines is 1. The minimum atomic E-state index is 0.207. The Balaban J connectivity index is 2.56. The normalized spacial score (nSPS) is 10.0. The summed E-state index contributed by atoms with van der Waals surface area (Å²) in [6.45, 7) is 4.47. The number of hydrogen-bond donors (Lipinski definition) is 1. The summed E-state index contributed by atoms with van der Waals surface area (Å²) in [5.74, 6) is 0.790. The van der Waals surface area contributed by atoms with Crippen LogP contribution in [0.3, 0.4) is 0 Å². The summed E-state index contributed by atoms with van der Waals surface area (Å²) in [7, 11) is 0. The first-order valence-electron chi connectivity index (χ1n) is 4.33. The Morgan fingerprint density at radius 2 is 2.08 bits per heavy atom. The summed E-state index contributed by atoms with van der Waals surface area (Å²) in [5.41, 5.74) is 5.42. The second-order valence-corrected chi connectivity index (χ2v) is 2.73. The highest BCUT2D eigenvalue weighted by Crippen LogP contribution is 2.04. The summed E-state index contributed by atoms with van der Waals surface area (Å²) in [5, 5.41) is 0. The van der Waals surface area contributed by atoms with Gasteiger partial charge in [-0.1, -0.05) is 13.3 Å². The van der Waals surface area contributed by atoms with Gasteiger partial charge in [-0.25, -0.2) is 0 Å². The zero-order valence-electron chi connectivity index (χ0n) is 7.95. The molecular formula is C8H14N4O. The fourth-order valence-electron chi connectivity index (χ4n) is 0.850. The molecule has 5 nitrogen and oxygen atoms in total. The van der Waals surface area contributed by atoms with Crippen molar-refractivity contribution in [3.8, 4) is 6.01 Å². The number of rotatable bonds is 4. The van der Waals surface area contributed by atoms with Crippen LogP contribution in [0.1, 0.15) is 25.6 Å². The minimum Gasteiger partial charge on any atom is -0.463 e. The predicted molar refractivity (Wildman–Crippen MR) is 49.4 cm³/mol. The van der Waals surface area contributed by atoms with Gasteiger partial charge in [0.25, 0.3) is 0 Å². The standard InChI is InChI=1S/C8H14N4O/c1-3-4-5-13-8-11-6(2)10-7(9)12-8/h3-5H2,1-2H3,(H2,9,10,11,12). The van der Waals surface area contributed by atoms with Crippen LogP contribution in [0.25, 0.3) is 0 Å². The molecular weight excluding hydrogens is 168 g/mol. The first-order valence-corrected chi connectivity index (χ1v) is 4.33. The maximum atomic E-state index is 5.42. The average Bonchev–Trinajstić information content (AvgIpc) is 2.03. The van der Waals surface area contributed by atoms with Gasteiger partial charge in [0.2, 0.25) is 5.95 Å². The Bertz CT molecular complexity index is 257. The van der Waals surface area contributed by atoms with E-state index in [0.29, 0.717) is 18.4 Å². The Kier molecular flexibility index (Phi) is 3.42. The fraction of sp³-hybridized carbons (Fsp3) is 0.625. The topological polar surface area (TPSA) is 73.9 Å². The summed E-state index contributed by atoms with van der Waals surface area (Å²) in [4.78, 5) is 11.7. The molecule has 13 heavy (non-hydrogen) atoms. The highest BCUT2D eigenvalue weighted by Gasteiger charge is 2.00. The number of ether oxygens (including phenoxy) is 1. The van der Waals surface area contributed by atoms with Gasteiger partial charge < -0.3 is 10.5 Å². The van der Waals surface area contributed by atoms with Gasteiger partial charge in [0.05, 0.1) is 6.61 Å². The fourth-order valence-corrected chi connectivity index (χ4v) is 0.850. The van der Waals surface area contributed by atoms with E-state index in [1.165, 1.54) is 0 Å². The van der Waals surface area contributed by atoms with Crippen molar-refractivity contribution < 1.29 is 4.74 Å². The van der Waals surface area contributed by atoms with Gasteiger partial charge in [0.15, 0.2) is 0 Å². The molecule has 0 fully saturated rings. The third-order valence-corrected chi connectivity index (χ3v) is 1.47. The summed E-state index contributed by atoms with van der Waals surface area (Å²) >= 11 is 0. The van der Waals surface area contributed by atoms with Crippen LogP contribution in [0.4, 0.5) is 5.95 Å². The molecule has 0 amide bonds. The third kappa shape index (κ3) is 3.23. The number of unbranched alkanes of at least 4 members (excludes halogenated alkanes) is 1. The Labute approximate surface area is 77.4 Å². The number of hydrogen-bond acceptors (Lipinski definition) is 5. The van der Waals surface area contributed by atoms with Crippen molar-refractivity contribution in [3.63, 3.8) is 0 Å². The van der Waals surface area contributed by atoms with Crippen LogP contribution in [0, 0.1) is 6.92 Å². The minimum absolute atomic E-state index is 0.207. The van der Waals surface area contributed by atoms with Crippen molar-refractivity contribution in [1.82, 2.24) is 15.0 Å². The molecule has 0 saturated carbocycles. The van der Waals surface area contributed by atoms with E-state index >= 15 is 0 Å². The molecule has 2 N–H and O–H groups in total. The number of aromatic nitrogens is 3. The van der Waals surface area contributed by atoms with Gasteiger partial charge in [-0.15, -0.1) is 0 Å². The molecule has 0 aromatic carbocycles. The molecule has 0 saturated heterocycles. The lowest BCUT2D eigenvalue weighted by molar-refractivity contribution is 0.284. The van der Waals surface area contributed by atoms with Crippen molar-refractivity contribution in [1.29, 1.82) is 0 Å². The Morgan fingerprint density at radius 3 is 2.69 bits per heavy atom. The predicted octanol–water partition coefficient (Wildman–Crippen LogP) is 0.941. The van der Waals surface area contributed by atoms with E-state index in [0.717, 1.165) is 12.8 Å². The van der Waals surface area contributed by atoms with E-state index in [2.05, 4.69) is 21.9 Å². The molecule has 1 aromatic rings. The lowest BCUT2D eigenvalue weighted by Crippen LogP contribution is -2.05. The van der Waals surface area contributed by atoms with Gasteiger partial charge >= 0.3 is 6.01 Å². The first-order chi connectivity index (χ1) is 6.22. The molecule has 72 valence electrons. The molecule has 0 aliphatic carbocycles. The zero-order chi connectivity index (χ0) is 9.68. The molecule has 0 aliphatic rings. The zero-order valence-corrected chi connectivity index (χ0v) is 7.95. The first kappa shape index (κ1) is 9.70. The number of nitrogen functional groups attached to an aromatic ring is 1. The molecule has 1 aromatic heterocycles. The van der Waals surface area contributed by atoms with E-state index in [-0.39, 0.29) is 5.95 Å². The number of nitrogens with zero attached hydrogens (tertiary/aromatic N) is 3. The van der Waals surface area contributed by atoms with Crippen LogP contribution in [0.5, 0.6) is 6.01 Å². The van der Waals surface area contributed by atoms with Crippen LogP contribution in [-0.4, -0.2) is 21.6 Å². The van der Waals surface area contributed by atoms with Crippen LogP contribution >= 0.6 is 0 Å². The van der Waals surface area contributed by atoms with Crippen LogP contribution < -0.4 is 10.5 Å². The second-order valence-electron chi connectivity index (χ2n) is 2.73. The lowest BCUT2D eigenvalue weighted by Gasteiger charge is -2.03. The van der Waals surface area contributed by atoms with Crippen molar-refractivity contribution in [2.45, 2.75) is 26.7 Å². The number of nitrogens with two attached hydrogens (primary N) is 1. The van der Waals surface area contributed by atoms with E-state index in [1.807, 2.05) is 0 Å². The summed E-state index contributed by atoms with van der Waals surface area (Å²) in [6.07, 6.45) is 2.07. The van der Waals surface area contributed by atoms with E-state index in [1.54, 1.807) is 6.92 Å². The van der Waals surface area contributed by atoms with Crippen molar-refractivity contribution >= 4 is 5.95 Å². The molecule has 0 atom stereocenters. The third-order valence-electron chi connectivity index (χ3n) is 1.47. The molecule has 0 bridgehead atoms. The molecule has 5 heteroatoms. The lowest BCUT2D eigenvalue weighted by atomic mass is 10.4. The van der Waals surface area contributed by atoms with Gasteiger partial charge in [-0.3, -0.25) is 0 Å². The van der Waals surface area contributed by atoms with Crippen LogP contribution in [0.2, 0.25) is 0 Å². The monoisotopic (exact) mass is 182 g/mol. The van der Waals surface area contributed by atoms with Crippen LogP contribution in [0.15, 0.2) is 0 Å². The van der Waals surface area contributed by atoms with E-state index < -0.39 is 0 Å². The van der Waals surface area contributed by atoms with Crippen LogP contribution in [-0.2, 0) is 0 Å². The van der Waals surface area contributed by atoms with Gasteiger partial charge in [0, 0.05) is 0 Å². The van der Waals surface area contributed by atoms with Gasteiger partial charge in [-0.2, -0.15) is 15.0 Å². The smallest absolute Gasteiger partial charge is 0.321 e. The van der Waals surface area contributed by atoms with E-state index in [4.69, 9.17) is 10.5 Å². The van der Waals surface area contributed by atoms with Crippen molar-refractivity contribution in [2.24, 2.45) is 0 Å². The Morgan fingerprint density at radius 1 is 1.31 bits per heavy atom. The molecule has 1 rings (SSSR count). The number of aryl methyl sites for hydroxylation is 1. The van der Waals surface area contributed by atoms with Gasteiger partial charge in [0.1, 0.15) is 5.82 Å². The molecule has 0 radical (unpaired) electrons. The molecule has 0 spiro atoms.